The van der Waals surface area contributed by atoms with Crippen LogP contribution < -0.4 is 32.6 Å². The second-order valence-corrected chi connectivity index (χ2v) is 5.54. The van der Waals surface area contributed by atoms with E-state index in [2.05, 4.69) is 10.6 Å². The number of imide groups is 1. The molecule has 0 saturated heterocycles. The van der Waals surface area contributed by atoms with Gasteiger partial charge in [-0.2, -0.15) is 5.32 Å². The third-order valence-electron chi connectivity index (χ3n) is 3.48. The Hall–Kier alpha value is -2.65. The molecule has 0 heterocycles. The minimum Gasteiger partial charge on any atom is -0.497 e. The van der Waals surface area contributed by atoms with Crippen LogP contribution in [0.25, 0.3) is 0 Å². The summed E-state index contributed by atoms with van der Waals surface area (Å²) >= 11 is 0. The van der Waals surface area contributed by atoms with Crippen molar-refractivity contribution in [2.24, 2.45) is 17.2 Å². The topological polar surface area (TPSA) is 171 Å². The number of benzene rings is 1. The highest BCUT2D eigenvalue weighted by atomic mass is 16.5. The van der Waals surface area contributed by atoms with Crippen LogP contribution in [-0.2, 0) is 16.0 Å². The molecule has 9 heteroatoms. The minimum atomic E-state index is -0.913. The van der Waals surface area contributed by atoms with Gasteiger partial charge in [-0.15, -0.1) is 0 Å². The Bertz CT molecular complexity index is 590. The van der Waals surface area contributed by atoms with Crippen LogP contribution in [-0.4, -0.2) is 43.5 Å². The SMILES string of the molecule is COc1ccc(C[C@H](N)C(=O)[N]C(=O)[C@@H](N)CCCNC(=N)N)cc1. The molecule has 0 aliphatic rings. The number of rotatable bonds is 9. The average molecular weight is 349 g/mol. The molecule has 137 valence electrons. The summed E-state index contributed by atoms with van der Waals surface area (Å²) < 4.78 is 5.06. The lowest BCUT2D eigenvalue weighted by atomic mass is 10.1. The van der Waals surface area contributed by atoms with Crippen LogP contribution in [0.15, 0.2) is 24.3 Å². The Labute approximate surface area is 146 Å². The van der Waals surface area contributed by atoms with Crippen LogP contribution in [0.4, 0.5) is 0 Å². The van der Waals surface area contributed by atoms with Gasteiger partial charge in [-0.1, -0.05) is 12.1 Å². The molecule has 0 aromatic heterocycles. The first kappa shape index (κ1) is 20.4. The zero-order chi connectivity index (χ0) is 18.8. The van der Waals surface area contributed by atoms with Crippen LogP contribution in [0.1, 0.15) is 18.4 Å². The van der Waals surface area contributed by atoms with Crippen molar-refractivity contribution in [2.45, 2.75) is 31.3 Å². The van der Waals surface area contributed by atoms with E-state index in [1.54, 1.807) is 31.4 Å². The molecule has 0 spiro atoms. The molecule has 25 heavy (non-hydrogen) atoms. The number of methoxy groups -OCH3 is 1. The molecule has 2 amide bonds. The molecule has 1 aromatic rings. The molecule has 1 aromatic carbocycles. The molecule has 2 atom stereocenters. The van der Waals surface area contributed by atoms with Gasteiger partial charge in [-0.25, -0.2) is 0 Å². The molecule has 0 unspecified atom stereocenters. The number of carbonyl (C=O) groups excluding carboxylic acids is 2. The first-order valence-corrected chi connectivity index (χ1v) is 7.85. The molecule has 0 saturated carbocycles. The van der Waals surface area contributed by atoms with Crippen LogP contribution in [0.2, 0.25) is 0 Å². The Balaban J connectivity index is 2.39. The fourth-order valence-corrected chi connectivity index (χ4v) is 2.05. The van der Waals surface area contributed by atoms with Gasteiger partial charge in [-0.3, -0.25) is 15.0 Å². The summed E-state index contributed by atoms with van der Waals surface area (Å²) in [5.41, 5.74) is 17.5. The molecule has 1 radical (unpaired) electrons. The van der Waals surface area contributed by atoms with Crippen molar-refractivity contribution in [3.05, 3.63) is 29.8 Å². The first-order chi connectivity index (χ1) is 11.8. The number of guanidine groups is 1. The molecule has 0 fully saturated rings. The van der Waals surface area contributed by atoms with Gasteiger partial charge in [0, 0.05) is 6.54 Å². The maximum atomic E-state index is 12.0. The third kappa shape index (κ3) is 7.64. The number of hydrogen-bond donors (Lipinski definition) is 5. The van der Waals surface area contributed by atoms with E-state index in [4.69, 9.17) is 27.3 Å². The van der Waals surface area contributed by atoms with Crippen molar-refractivity contribution in [1.29, 1.82) is 5.41 Å². The second kappa shape index (κ2) is 10.3. The molecule has 0 aliphatic heterocycles. The lowest BCUT2D eigenvalue weighted by Gasteiger charge is -2.13. The minimum absolute atomic E-state index is 0.149. The largest absolute Gasteiger partial charge is 0.497 e. The van der Waals surface area contributed by atoms with Gasteiger partial charge in [0.05, 0.1) is 19.2 Å². The second-order valence-electron chi connectivity index (χ2n) is 5.54. The van der Waals surface area contributed by atoms with Gasteiger partial charge >= 0.3 is 0 Å². The predicted octanol–water partition coefficient (Wildman–Crippen LogP) is -1.19. The number of nitrogens with zero attached hydrogens (tertiary/aromatic N) is 1. The summed E-state index contributed by atoms with van der Waals surface area (Å²) in [6, 6.07) is 5.32. The van der Waals surface area contributed by atoms with E-state index in [0.29, 0.717) is 25.1 Å². The maximum absolute atomic E-state index is 12.0. The van der Waals surface area contributed by atoms with E-state index < -0.39 is 23.9 Å². The van der Waals surface area contributed by atoms with E-state index in [9.17, 15) is 9.59 Å². The third-order valence-corrected chi connectivity index (χ3v) is 3.48. The van der Waals surface area contributed by atoms with Gasteiger partial charge in [0.2, 0.25) is 0 Å². The van der Waals surface area contributed by atoms with Crippen molar-refractivity contribution in [1.82, 2.24) is 10.6 Å². The number of carbonyl (C=O) groups is 2. The molecule has 0 aliphatic carbocycles. The summed E-state index contributed by atoms with van der Waals surface area (Å²) in [7, 11) is 1.56. The Morgan fingerprint density at radius 1 is 1.20 bits per heavy atom. The van der Waals surface area contributed by atoms with E-state index in [-0.39, 0.29) is 12.4 Å². The van der Waals surface area contributed by atoms with Crippen molar-refractivity contribution in [3.8, 4) is 5.75 Å². The van der Waals surface area contributed by atoms with Crippen LogP contribution in [0, 0.1) is 5.41 Å². The average Bonchev–Trinajstić information content (AvgIpc) is 2.58. The monoisotopic (exact) mass is 349 g/mol. The highest BCUT2D eigenvalue weighted by Gasteiger charge is 2.22. The fraction of sp³-hybridized carbons (Fsp3) is 0.438. The summed E-state index contributed by atoms with van der Waals surface area (Å²) in [4.78, 5) is 23.8. The lowest BCUT2D eigenvalue weighted by molar-refractivity contribution is -0.132. The zero-order valence-corrected chi connectivity index (χ0v) is 14.2. The number of nitrogens with two attached hydrogens (primary N) is 3. The standard InChI is InChI=1S/C16H25N6O3/c1-25-11-6-4-10(5-7-11)9-13(18)15(24)22-14(23)12(17)3-2-8-21-16(19)20/h4-7,12-13H,2-3,8-9,17-18H2,1H3,(H4,19,20,21)/t12-,13-/m0/s1. The normalized spacial score (nSPS) is 12.8. The van der Waals surface area contributed by atoms with E-state index >= 15 is 0 Å². The van der Waals surface area contributed by atoms with Crippen molar-refractivity contribution in [2.75, 3.05) is 13.7 Å². The van der Waals surface area contributed by atoms with Gasteiger partial charge in [0.25, 0.3) is 11.8 Å². The molecule has 1 rings (SSSR count). The quantitative estimate of drug-likeness (QED) is 0.212. The smallest absolute Gasteiger partial charge is 0.266 e. The zero-order valence-electron chi connectivity index (χ0n) is 14.2. The van der Waals surface area contributed by atoms with Gasteiger partial charge in [-0.05, 0) is 37.0 Å². The van der Waals surface area contributed by atoms with Crippen molar-refractivity contribution >= 4 is 17.8 Å². The van der Waals surface area contributed by atoms with Gasteiger partial charge < -0.3 is 27.3 Å². The Morgan fingerprint density at radius 2 is 1.80 bits per heavy atom. The molecular formula is C16H25N6O3. The molecule has 8 N–H and O–H groups in total. The molecule has 9 nitrogen and oxygen atoms in total. The summed E-state index contributed by atoms with van der Waals surface area (Å²) in [6.45, 7) is 0.418. The fourth-order valence-electron chi connectivity index (χ4n) is 2.05. The number of hydrogen-bond acceptors (Lipinski definition) is 6. The highest BCUT2D eigenvalue weighted by molar-refractivity contribution is 5.99. The highest BCUT2D eigenvalue weighted by Crippen LogP contribution is 2.12. The van der Waals surface area contributed by atoms with Gasteiger partial charge in [0.1, 0.15) is 5.75 Å². The lowest BCUT2D eigenvalue weighted by Crippen LogP contribution is -2.46. The van der Waals surface area contributed by atoms with Crippen molar-refractivity contribution < 1.29 is 14.3 Å². The Morgan fingerprint density at radius 3 is 2.36 bits per heavy atom. The maximum Gasteiger partial charge on any atom is 0.266 e. The van der Waals surface area contributed by atoms with Crippen molar-refractivity contribution in [3.63, 3.8) is 0 Å². The van der Waals surface area contributed by atoms with Gasteiger partial charge in [0.15, 0.2) is 5.96 Å². The molecule has 0 bridgehead atoms. The van der Waals surface area contributed by atoms with E-state index in [1.165, 1.54) is 0 Å². The summed E-state index contributed by atoms with van der Waals surface area (Å²) in [5, 5.41) is 13.1. The molecular weight excluding hydrogens is 324 g/mol. The first-order valence-electron chi connectivity index (χ1n) is 7.85. The number of amides is 2. The van der Waals surface area contributed by atoms with Crippen LogP contribution in [0.3, 0.4) is 0 Å². The van der Waals surface area contributed by atoms with Crippen LogP contribution >= 0.6 is 0 Å². The van der Waals surface area contributed by atoms with E-state index in [0.717, 1.165) is 5.56 Å². The van der Waals surface area contributed by atoms with E-state index in [1.807, 2.05) is 0 Å². The Kier molecular flexibility index (Phi) is 8.37. The van der Waals surface area contributed by atoms with Crippen LogP contribution in [0.5, 0.6) is 5.75 Å². The number of nitrogens with one attached hydrogen (secondary N) is 2. The summed E-state index contributed by atoms with van der Waals surface area (Å²) in [6.07, 6.45) is 1.11. The summed E-state index contributed by atoms with van der Waals surface area (Å²) in [5.74, 6) is -0.839. The number of ether oxygens (including phenoxy) is 1. The predicted molar refractivity (Wildman–Crippen MR) is 93.9 cm³/mol.